The Morgan fingerprint density at radius 3 is 2.06 bits per heavy atom. The fourth-order valence-corrected chi connectivity index (χ4v) is 2.15. The fraction of sp³-hybridized carbons (Fsp3) is 0.167. The molecule has 4 nitrogen and oxygen atoms in total. The summed E-state index contributed by atoms with van der Waals surface area (Å²) >= 11 is 3.07. The third kappa shape index (κ3) is 1.76. The lowest BCUT2D eigenvalue weighted by atomic mass is 9.93. The molecule has 2 rings (SSSR count). The zero-order valence-corrected chi connectivity index (χ0v) is 10.8. The molecule has 0 saturated heterocycles. The number of Topliss-reactive ketones (excluding diaryl/α,β-unsaturated/α-hetero) is 1. The summed E-state index contributed by atoms with van der Waals surface area (Å²) in [5.41, 5.74) is 0.492. The van der Waals surface area contributed by atoms with E-state index in [1.54, 1.807) is 12.1 Å². The number of rotatable bonds is 2. The van der Waals surface area contributed by atoms with Crippen molar-refractivity contribution in [1.29, 1.82) is 0 Å². The number of ketones is 2. The number of allylic oxidation sites excluding steroid dienone is 2. The summed E-state index contributed by atoms with van der Waals surface area (Å²) in [4.78, 5) is 23.9. The van der Waals surface area contributed by atoms with Gasteiger partial charge in [-0.2, -0.15) is 0 Å². The number of methoxy groups -OCH3 is 2. The third-order valence-electron chi connectivity index (χ3n) is 2.52. The fourth-order valence-electron chi connectivity index (χ4n) is 1.75. The molecule has 88 valence electrons. The van der Waals surface area contributed by atoms with Crippen LogP contribution in [0.15, 0.2) is 22.7 Å². The largest absolute Gasteiger partial charge is 0.496 e. The number of carbonyl (C=O) groups excluding carboxylic acids is 2. The Labute approximate surface area is 106 Å². The molecule has 1 aromatic carbocycles. The maximum absolute atomic E-state index is 12.0. The second-order valence-electron chi connectivity index (χ2n) is 3.41. The molecule has 5 heteroatoms. The molecule has 0 bridgehead atoms. The van der Waals surface area contributed by atoms with Crippen LogP contribution in [0.4, 0.5) is 0 Å². The van der Waals surface area contributed by atoms with E-state index in [1.165, 1.54) is 20.3 Å². The minimum absolute atomic E-state index is 0.224. The Hall–Kier alpha value is -1.62. The maximum atomic E-state index is 12.0. The molecule has 17 heavy (non-hydrogen) atoms. The van der Waals surface area contributed by atoms with Gasteiger partial charge < -0.3 is 9.47 Å². The zero-order chi connectivity index (χ0) is 12.6. The molecule has 1 aliphatic rings. The van der Waals surface area contributed by atoms with E-state index >= 15 is 0 Å². The molecular formula is C12H9BrO4. The molecule has 0 fully saturated rings. The molecule has 0 aromatic heterocycles. The quantitative estimate of drug-likeness (QED) is 0.841. The minimum Gasteiger partial charge on any atom is -0.496 e. The molecule has 0 unspecified atom stereocenters. The Morgan fingerprint density at radius 1 is 1.00 bits per heavy atom. The summed E-state index contributed by atoms with van der Waals surface area (Å²) < 4.78 is 10.4. The van der Waals surface area contributed by atoms with Gasteiger partial charge in [-0.15, -0.1) is 0 Å². The van der Waals surface area contributed by atoms with Crippen LogP contribution in [0.25, 0.3) is 0 Å². The van der Waals surface area contributed by atoms with E-state index in [0.717, 1.165) is 0 Å². The lowest BCUT2D eigenvalue weighted by Gasteiger charge is -2.17. The zero-order valence-electron chi connectivity index (χ0n) is 9.24. The minimum atomic E-state index is -0.282. The Kier molecular flexibility index (Phi) is 3.02. The summed E-state index contributed by atoms with van der Waals surface area (Å²) in [7, 11) is 2.90. The lowest BCUT2D eigenvalue weighted by Crippen LogP contribution is -2.16. The van der Waals surface area contributed by atoms with Gasteiger partial charge in [0.05, 0.1) is 29.8 Å². The summed E-state index contributed by atoms with van der Waals surface area (Å²) in [5.74, 6) is 0.178. The number of halogens is 1. The van der Waals surface area contributed by atoms with Crippen LogP contribution in [0.2, 0.25) is 0 Å². The average Bonchev–Trinajstić information content (AvgIpc) is 2.34. The molecule has 0 spiro atoms. The predicted octanol–water partition coefficient (Wildman–Crippen LogP) is 2.36. The van der Waals surface area contributed by atoms with Crippen LogP contribution in [-0.2, 0) is 0 Å². The molecule has 1 aliphatic carbocycles. The van der Waals surface area contributed by atoms with E-state index in [-0.39, 0.29) is 27.2 Å². The van der Waals surface area contributed by atoms with Crippen molar-refractivity contribution in [2.75, 3.05) is 14.2 Å². The number of hydrogen-bond donors (Lipinski definition) is 0. The van der Waals surface area contributed by atoms with Crippen LogP contribution in [-0.4, -0.2) is 25.8 Å². The highest BCUT2D eigenvalue weighted by Crippen LogP contribution is 2.36. The third-order valence-corrected chi connectivity index (χ3v) is 3.11. The highest BCUT2D eigenvalue weighted by molar-refractivity contribution is 9.12. The van der Waals surface area contributed by atoms with Gasteiger partial charge in [-0.05, 0) is 28.1 Å². The van der Waals surface area contributed by atoms with Crippen LogP contribution in [0, 0.1) is 0 Å². The molecule has 0 saturated carbocycles. The molecule has 0 N–H and O–H groups in total. The van der Waals surface area contributed by atoms with Crippen molar-refractivity contribution in [2.24, 2.45) is 0 Å². The van der Waals surface area contributed by atoms with E-state index in [1.807, 2.05) is 0 Å². The molecule has 0 atom stereocenters. The van der Waals surface area contributed by atoms with E-state index in [0.29, 0.717) is 11.5 Å². The summed E-state index contributed by atoms with van der Waals surface area (Å²) in [6, 6.07) is 3.21. The molecule has 0 heterocycles. The van der Waals surface area contributed by atoms with Gasteiger partial charge in [0.25, 0.3) is 0 Å². The highest BCUT2D eigenvalue weighted by atomic mass is 79.9. The van der Waals surface area contributed by atoms with Crippen LogP contribution < -0.4 is 9.47 Å². The van der Waals surface area contributed by atoms with Crippen molar-refractivity contribution in [3.05, 3.63) is 33.8 Å². The Morgan fingerprint density at radius 2 is 1.53 bits per heavy atom. The lowest BCUT2D eigenvalue weighted by molar-refractivity contribution is 0.0986. The van der Waals surface area contributed by atoms with E-state index in [2.05, 4.69) is 15.9 Å². The first kappa shape index (κ1) is 11.9. The van der Waals surface area contributed by atoms with Crippen molar-refractivity contribution in [1.82, 2.24) is 0 Å². The van der Waals surface area contributed by atoms with Crippen LogP contribution in [0.1, 0.15) is 20.7 Å². The second-order valence-corrected chi connectivity index (χ2v) is 4.26. The first-order valence-corrected chi connectivity index (χ1v) is 5.60. The molecule has 1 aromatic rings. The first-order valence-electron chi connectivity index (χ1n) is 4.81. The predicted molar refractivity (Wildman–Crippen MR) is 65.2 cm³/mol. The topological polar surface area (TPSA) is 52.6 Å². The summed E-state index contributed by atoms with van der Waals surface area (Å²) in [5, 5.41) is 0. The van der Waals surface area contributed by atoms with Gasteiger partial charge in [0.1, 0.15) is 11.5 Å². The Bertz CT molecular complexity index is 546. The van der Waals surface area contributed by atoms with E-state index in [9.17, 15) is 9.59 Å². The molecular weight excluding hydrogens is 288 g/mol. The number of carbonyl (C=O) groups is 2. The van der Waals surface area contributed by atoms with Gasteiger partial charge in [0, 0.05) is 6.08 Å². The molecule has 0 amide bonds. The normalized spacial score (nSPS) is 14.2. The van der Waals surface area contributed by atoms with Gasteiger partial charge in [-0.3, -0.25) is 9.59 Å². The van der Waals surface area contributed by atoms with Crippen LogP contribution >= 0.6 is 15.9 Å². The van der Waals surface area contributed by atoms with Crippen molar-refractivity contribution in [2.45, 2.75) is 0 Å². The number of ether oxygens (including phenoxy) is 2. The standard InChI is InChI=1S/C12H9BrO4/c1-16-8-3-4-9(17-2)11-10(8)7(14)5-6(13)12(11)15/h3-5H,1-2H3. The van der Waals surface area contributed by atoms with Gasteiger partial charge in [-0.25, -0.2) is 0 Å². The van der Waals surface area contributed by atoms with Crippen molar-refractivity contribution in [3.8, 4) is 11.5 Å². The van der Waals surface area contributed by atoms with Crippen LogP contribution in [0.3, 0.4) is 0 Å². The van der Waals surface area contributed by atoms with E-state index < -0.39 is 0 Å². The first-order chi connectivity index (χ1) is 8.10. The molecule has 0 radical (unpaired) electrons. The number of fused-ring (bicyclic) bond motifs is 1. The average molecular weight is 297 g/mol. The van der Waals surface area contributed by atoms with Crippen molar-refractivity contribution >= 4 is 27.5 Å². The highest BCUT2D eigenvalue weighted by Gasteiger charge is 2.30. The maximum Gasteiger partial charge on any atom is 0.204 e. The Balaban J connectivity index is 2.78. The number of benzene rings is 1. The molecule has 0 aliphatic heterocycles. The van der Waals surface area contributed by atoms with Gasteiger partial charge in [0.15, 0.2) is 5.78 Å². The summed E-state index contributed by atoms with van der Waals surface area (Å²) in [6.07, 6.45) is 1.24. The van der Waals surface area contributed by atoms with Crippen molar-refractivity contribution in [3.63, 3.8) is 0 Å². The SMILES string of the molecule is COc1ccc(OC)c2c1C(=O)C=C(Br)C2=O. The van der Waals surface area contributed by atoms with Gasteiger partial charge in [-0.1, -0.05) is 0 Å². The number of hydrogen-bond acceptors (Lipinski definition) is 4. The van der Waals surface area contributed by atoms with Crippen molar-refractivity contribution < 1.29 is 19.1 Å². The monoisotopic (exact) mass is 296 g/mol. The van der Waals surface area contributed by atoms with Gasteiger partial charge >= 0.3 is 0 Å². The smallest absolute Gasteiger partial charge is 0.204 e. The second kappa shape index (κ2) is 4.33. The van der Waals surface area contributed by atoms with E-state index in [4.69, 9.17) is 9.47 Å². The summed E-state index contributed by atoms with van der Waals surface area (Å²) in [6.45, 7) is 0. The van der Waals surface area contributed by atoms with Gasteiger partial charge in [0.2, 0.25) is 5.78 Å². The van der Waals surface area contributed by atoms with Crippen LogP contribution in [0.5, 0.6) is 11.5 Å².